The van der Waals surface area contributed by atoms with Gasteiger partial charge in [0.15, 0.2) is 0 Å². The molecule has 1 atom stereocenters. The zero-order chi connectivity index (χ0) is 12.0. The van der Waals surface area contributed by atoms with Crippen molar-refractivity contribution >= 4 is 11.0 Å². The summed E-state index contributed by atoms with van der Waals surface area (Å²) >= 11 is 0. The lowest BCUT2D eigenvalue weighted by molar-refractivity contribution is 0.309. The Morgan fingerprint density at radius 1 is 1.47 bits per heavy atom. The molecule has 1 unspecified atom stereocenters. The van der Waals surface area contributed by atoms with Crippen LogP contribution in [0.3, 0.4) is 0 Å². The van der Waals surface area contributed by atoms with Crippen LogP contribution in [0.1, 0.15) is 44.1 Å². The molecule has 4 heteroatoms. The minimum atomic E-state index is -0.214. The Kier molecular flexibility index (Phi) is 2.40. The van der Waals surface area contributed by atoms with Crippen LogP contribution in [0, 0.1) is 5.82 Å². The van der Waals surface area contributed by atoms with Gasteiger partial charge in [0.25, 0.3) is 0 Å². The Bertz CT molecular complexity index is 555. The molecule has 0 bridgehead atoms. The molecule has 1 aromatic carbocycles. The number of hydrogen-bond acceptors (Lipinski definition) is 2. The summed E-state index contributed by atoms with van der Waals surface area (Å²) in [5, 5.41) is 0. The minimum absolute atomic E-state index is 0.119. The highest BCUT2D eigenvalue weighted by Crippen LogP contribution is 2.36. The van der Waals surface area contributed by atoms with E-state index in [0.717, 1.165) is 29.7 Å². The highest BCUT2D eigenvalue weighted by Gasteiger charge is 2.25. The summed E-state index contributed by atoms with van der Waals surface area (Å²) in [6, 6.07) is 5.07. The van der Waals surface area contributed by atoms with Crippen molar-refractivity contribution in [2.75, 3.05) is 0 Å². The van der Waals surface area contributed by atoms with E-state index in [1.165, 1.54) is 12.5 Å². The maximum atomic E-state index is 13.3. The van der Waals surface area contributed by atoms with Gasteiger partial charge < -0.3 is 10.3 Å². The van der Waals surface area contributed by atoms with Crippen molar-refractivity contribution in [1.82, 2.24) is 9.55 Å². The summed E-state index contributed by atoms with van der Waals surface area (Å²) in [6.45, 7) is 1.92. The Balaban J connectivity index is 2.24. The number of fused-ring (bicyclic) bond motifs is 1. The zero-order valence-electron chi connectivity index (χ0n) is 9.86. The second kappa shape index (κ2) is 3.81. The average molecular weight is 233 g/mol. The molecule has 1 aromatic heterocycles. The number of hydrogen-bond donors (Lipinski definition) is 1. The Hall–Kier alpha value is -1.42. The first-order chi connectivity index (χ1) is 8.16. The predicted molar refractivity (Wildman–Crippen MR) is 65.2 cm³/mol. The molecule has 1 heterocycles. The second-order valence-electron chi connectivity index (χ2n) is 4.85. The highest BCUT2D eigenvalue weighted by atomic mass is 19.1. The molecule has 1 fully saturated rings. The third kappa shape index (κ3) is 1.63. The third-order valence-corrected chi connectivity index (χ3v) is 3.53. The van der Waals surface area contributed by atoms with E-state index in [-0.39, 0.29) is 11.9 Å². The molecule has 0 aliphatic heterocycles. The molecule has 1 aliphatic carbocycles. The lowest BCUT2D eigenvalue weighted by Gasteiger charge is -2.29. The van der Waals surface area contributed by atoms with Crippen molar-refractivity contribution < 1.29 is 4.39 Å². The molecule has 2 N–H and O–H groups in total. The van der Waals surface area contributed by atoms with Crippen molar-refractivity contribution in [3.63, 3.8) is 0 Å². The Labute approximate surface area is 99.4 Å². The summed E-state index contributed by atoms with van der Waals surface area (Å²) in [7, 11) is 0. The fourth-order valence-corrected chi connectivity index (χ4v) is 2.43. The molecule has 0 spiro atoms. The maximum absolute atomic E-state index is 13.3. The first kappa shape index (κ1) is 10.7. The van der Waals surface area contributed by atoms with Crippen LogP contribution < -0.4 is 5.73 Å². The molecule has 1 saturated carbocycles. The average Bonchev–Trinajstić information content (AvgIpc) is 2.55. The monoisotopic (exact) mass is 233 g/mol. The molecule has 3 nitrogen and oxygen atoms in total. The summed E-state index contributed by atoms with van der Waals surface area (Å²) in [5.41, 5.74) is 7.67. The van der Waals surface area contributed by atoms with Crippen molar-refractivity contribution in [3.8, 4) is 0 Å². The standard InChI is InChI=1S/C13H16FN3/c1-8(15)13-16-11-6-5-9(14)7-12(11)17(13)10-3-2-4-10/h5-8,10H,2-4,15H2,1H3. The van der Waals surface area contributed by atoms with Gasteiger partial charge >= 0.3 is 0 Å². The first-order valence-electron chi connectivity index (χ1n) is 6.10. The van der Waals surface area contributed by atoms with Gasteiger partial charge in [0.1, 0.15) is 11.6 Å². The van der Waals surface area contributed by atoms with Crippen LogP contribution >= 0.6 is 0 Å². The van der Waals surface area contributed by atoms with E-state index in [9.17, 15) is 4.39 Å². The number of aromatic nitrogens is 2. The summed E-state index contributed by atoms with van der Waals surface area (Å²) < 4.78 is 15.5. The fourth-order valence-electron chi connectivity index (χ4n) is 2.43. The number of rotatable bonds is 2. The number of nitrogens with two attached hydrogens (primary N) is 1. The smallest absolute Gasteiger partial charge is 0.126 e. The van der Waals surface area contributed by atoms with Gasteiger partial charge in [-0.05, 0) is 44.4 Å². The van der Waals surface area contributed by atoms with Crippen molar-refractivity contribution in [2.24, 2.45) is 5.73 Å². The third-order valence-electron chi connectivity index (χ3n) is 3.53. The van der Waals surface area contributed by atoms with E-state index in [1.807, 2.05) is 6.92 Å². The van der Waals surface area contributed by atoms with E-state index >= 15 is 0 Å². The van der Waals surface area contributed by atoms with Gasteiger partial charge in [-0.25, -0.2) is 9.37 Å². The second-order valence-corrected chi connectivity index (χ2v) is 4.85. The molecule has 1 aliphatic rings. The van der Waals surface area contributed by atoms with E-state index < -0.39 is 0 Å². The largest absolute Gasteiger partial charge is 0.323 e. The summed E-state index contributed by atoms with van der Waals surface area (Å²) in [6.07, 6.45) is 3.52. The van der Waals surface area contributed by atoms with E-state index in [1.54, 1.807) is 12.1 Å². The molecule has 0 saturated heterocycles. The topological polar surface area (TPSA) is 43.8 Å². The van der Waals surface area contributed by atoms with Gasteiger partial charge in [-0.1, -0.05) is 0 Å². The molecular weight excluding hydrogens is 217 g/mol. The first-order valence-corrected chi connectivity index (χ1v) is 6.10. The molecular formula is C13H16FN3. The lowest BCUT2D eigenvalue weighted by atomic mass is 9.92. The van der Waals surface area contributed by atoms with Crippen molar-refractivity contribution in [3.05, 3.63) is 29.8 Å². The van der Waals surface area contributed by atoms with Gasteiger partial charge in [-0.3, -0.25) is 0 Å². The van der Waals surface area contributed by atoms with Gasteiger partial charge in [-0.2, -0.15) is 0 Å². The van der Waals surface area contributed by atoms with Crippen molar-refractivity contribution in [2.45, 2.75) is 38.3 Å². The number of halogens is 1. The van der Waals surface area contributed by atoms with E-state index in [2.05, 4.69) is 9.55 Å². The predicted octanol–water partition coefficient (Wildman–Crippen LogP) is 2.92. The minimum Gasteiger partial charge on any atom is -0.323 e. The molecule has 2 aromatic rings. The molecule has 3 rings (SSSR count). The number of imidazole rings is 1. The highest BCUT2D eigenvalue weighted by molar-refractivity contribution is 5.76. The van der Waals surface area contributed by atoms with Gasteiger partial charge in [0.2, 0.25) is 0 Å². The zero-order valence-corrected chi connectivity index (χ0v) is 9.86. The van der Waals surface area contributed by atoms with Crippen LogP contribution in [0.2, 0.25) is 0 Å². The van der Waals surface area contributed by atoms with E-state index in [4.69, 9.17) is 5.73 Å². The van der Waals surface area contributed by atoms with Crippen LogP contribution in [0.15, 0.2) is 18.2 Å². The summed E-state index contributed by atoms with van der Waals surface area (Å²) in [5.74, 6) is 0.657. The number of benzene rings is 1. The maximum Gasteiger partial charge on any atom is 0.126 e. The molecule has 0 amide bonds. The Morgan fingerprint density at radius 3 is 2.82 bits per heavy atom. The van der Waals surface area contributed by atoms with Crippen LogP contribution in [0.4, 0.5) is 4.39 Å². The number of nitrogens with zero attached hydrogens (tertiary/aromatic N) is 2. The molecule has 17 heavy (non-hydrogen) atoms. The van der Waals surface area contributed by atoms with Crippen LogP contribution in [0.5, 0.6) is 0 Å². The van der Waals surface area contributed by atoms with Gasteiger partial charge in [0, 0.05) is 6.04 Å². The fraction of sp³-hybridized carbons (Fsp3) is 0.462. The molecule has 0 radical (unpaired) electrons. The van der Waals surface area contributed by atoms with Crippen LogP contribution in [-0.4, -0.2) is 9.55 Å². The van der Waals surface area contributed by atoms with Crippen LogP contribution in [0.25, 0.3) is 11.0 Å². The Morgan fingerprint density at radius 2 is 2.24 bits per heavy atom. The van der Waals surface area contributed by atoms with Crippen molar-refractivity contribution in [1.29, 1.82) is 0 Å². The molecule has 90 valence electrons. The van der Waals surface area contributed by atoms with Crippen LogP contribution in [-0.2, 0) is 0 Å². The summed E-state index contributed by atoms with van der Waals surface area (Å²) in [4.78, 5) is 4.53. The van der Waals surface area contributed by atoms with E-state index in [0.29, 0.717) is 6.04 Å². The van der Waals surface area contributed by atoms with Gasteiger partial charge in [-0.15, -0.1) is 0 Å². The lowest BCUT2D eigenvalue weighted by Crippen LogP contribution is -2.22. The SMILES string of the molecule is CC(N)c1nc2ccc(F)cc2n1C1CCC1. The quantitative estimate of drug-likeness (QED) is 0.866. The van der Waals surface area contributed by atoms with Gasteiger partial charge in [0.05, 0.1) is 17.1 Å². The normalized spacial score (nSPS) is 18.3.